The summed E-state index contributed by atoms with van der Waals surface area (Å²) < 4.78 is 5.72. The summed E-state index contributed by atoms with van der Waals surface area (Å²) in [5, 5.41) is 3.66. The van der Waals surface area contributed by atoms with Crippen molar-refractivity contribution in [1.29, 1.82) is 0 Å². The number of nitrogens with one attached hydrogen (secondary N) is 1. The molecule has 1 aliphatic rings. The van der Waals surface area contributed by atoms with Crippen molar-refractivity contribution in [3.05, 3.63) is 23.7 Å². The van der Waals surface area contributed by atoms with Crippen LogP contribution in [0.25, 0.3) is 0 Å². The van der Waals surface area contributed by atoms with Crippen LogP contribution in [0.2, 0.25) is 0 Å². The van der Waals surface area contributed by atoms with Crippen LogP contribution in [0.1, 0.15) is 51.6 Å². The molecule has 3 unspecified atom stereocenters. The predicted molar refractivity (Wildman–Crippen MR) is 70.9 cm³/mol. The molecule has 1 aromatic heterocycles. The van der Waals surface area contributed by atoms with E-state index in [0.29, 0.717) is 6.04 Å². The minimum Gasteiger partial charge on any atom is -0.465 e. The first-order chi connectivity index (χ1) is 8.24. The fourth-order valence-electron chi connectivity index (χ4n) is 3.05. The Morgan fingerprint density at radius 2 is 2.00 bits per heavy atom. The van der Waals surface area contributed by atoms with Crippen molar-refractivity contribution in [3.63, 3.8) is 0 Å². The van der Waals surface area contributed by atoms with Crippen molar-refractivity contribution in [2.45, 2.75) is 59.0 Å². The molecule has 0 saturated heterocycles. The third kappa shape index (κ3) is 2.92. The minimum absolute atomic E-state index is 0.676. The SMILES string of the molecule is CCc1ccc(CNC2CCC(CC)C2C)o1. The summed E-state index contributed by atoms with van der Waals surface area (Å²) in [6, 6.07) is 4.86. The molecule has 0 bridgehead atoms. The van der Waals surface area contributed by atoms with Crippen molar-refractivity contribution in [1.82, 2.24) is 5.32 Å². The van der Waals surface area contributed by atoms with Gasteiger partial charge in [0.1, 0.15) is 11.5 Å². The van der Waals surface area contributed by atoms with Gasteiger partial charge in [0.25, 0.3) is 0 Å². The molecular weight excluding hydrogens is 210 g/mol. The van der Waals surface area contributed by atoms with E-state index in [-0.39, 0.29) is 0 Å². The third-order valence-electron chi connectivity index (χ3n) is 4.36. The molecule has 1 fully saturated rings. The van der Waals surface area contributed by atoms with Gasteiger partial charge in [0.05, 0.1) is 6.54 Å². The zero-order valence-corrected chi connectivity index (χ0v) is 11.3. The van der Waals surface area contributed by atoms with Crippen molar-refractivity contribution >= 4 is 0 Å². The molecule has 3 atom stereocenters. The summed E-state index contributed by atoms with van der Waals surface area (Å²) in [7, 11) is 0. The fourth-order valence-corrected chi connectivity index (χ4v) is 3.05. The molecule has 0 aromatic carbocycles. The van der Waals surface area contributed by atoms with E-state index in [1.54, 1.807) is 0 Å². The quantitative estimate of drug-likeness (QED) is 0.840. The topological polar surface area (TPSA) is 25.2 Å². The van der Waals surface area contributed by atoms with E-state index in [1.165, 1.54) is 19.3 Å². The largest absolute Gasteiger partial charge is 0.465 e. The molecule has 96 valence electrons. The van der Waals surface area contributed by atoms with Gasteiger partial charge in [-0.15, -0.1) is 0 Å². The lowest BCUT2D eigenvalue weighted by Crippen LogP contribution is -2.32. The summed E-state index contributed by atoms with van der Waals surface area (Å²) >= 11 is 0. The average molecular weight is 235 g/mol. The van der Waals surface area contributed by atoms with E-state index in [4.69, 9.17) is 4.42 Å². The Balaban J connectivity index is 1.82. The first kappa shape index (κ1) is 12.7. The first-order valence-electron chi connectivity index (χ1n) is 7.05. The summed E-state index contributed by atoms with van der Waals surface area (Å²) in [4.78, 5) is 0. The molecule has 17 heavy (non-hydrogen) atoms. The van der Waals surface area contributed by atoms with Crippen LogP contribution in [0.15, 0.2) is 16.5 Å². The van der Waals surface area contributed by atoms with E-state index in [9.17, 15) is 0 Å². The van der Waals surface area contributed by atoms with Gasteiger partial charge in [-0.2, -0.15) is 0 Å². The number of hydrogen-bond donors (Lipinski definition) is 1. The van der Waals surface area contributed by atoms with Gasteiger partial charge in [-0.3, -0.25) is 0 Å². The summed E-state index contributed by atoms with van der Waals surface area (Å²) in [5.41, 5.74) is 0. The van der Waals surface area contributed by atoms with Gasteiger partial charge in [-0.25, -0.2) is 0 Å². The van der Waals surface area contributed by atoms with Crippen molar-refractivity contribution in [2.24, 2.45) is 11.8 Å². The van der Waals surface area contributed by atoms with Crippen LogP contribution in [-0.2, 0) is 13.0 Å². The molecule has 2 rings (SSSR count). The molecule has 1 heterocycles. The van der Waals surface area contributed by atoms with Crippen LogP contribution in [0.3, 0.4) is 0 Å². The monoisotopic (exact) mass is 235 g/mol. The van der Waals surface area contributed by atoms with Crippen LogP contribution in [0.5, 0.6) is 0 Å². The minimum atomic E-state index is 0.676. The molecule has 1 aliphatic carbocycles. The predicted octanol–water partition coefficient (Wildman–Crippen LogP) is 3.76. The highest BCUT2D eigenvalue weighted by atomic mass is 16.3. The van der Waals surface area contributed by atoms with Gasteiger partial charge in [0.15, 0.2) is 0 Å². The Morgan fingerprint density at radius 1 is 1.24 bits per heavy atom. The molecule has 0 aliphatic heterocycles. The van der Waals surface area contributed by atoms with Crippen LogP contribution in [0, 0.1) is 11.8 Å². The Kier molecular flexibility index (Phi) is 4.27. The van der Waals surface area contributed by atoms with Crippen LogP contribution >= 0.6 is 0 Å². The van der Waals surface area contributed by atoms with Crippen LogP contribution in [0.4, 0.5) is 0 Å². The zero-order chi connectivity index (χ0) is 12.3. The third-order valence-corrected chi connectivity index (χ3v) is 4.36. The van der Waals surface area contributed by atoms with E-state index >= 15 is 0 Å². The first-order valence-corrected chi connectivity index (χ1v) is 7.05. The molecule has 1 aromatic rings. The zero-order valence-electron chi connectivity index (χ0n) is 11.3. The molecule has 0 radical (unpaired) electrons. The Hall–Kier alpha value is -0.760. The highest BCUT2D eigenvalue weighted by molar-refractivity contribution is 5.07. The Bertz CT molecular complexity index is 344. The summed E-state index contributed by atoms with van der Waals surface area (Å²) in [5.74, 6) is 3.89. The van der Waals surface area contributed by atoms with Gasteiger partial charge in [0.2, 0.25) is 0 Å². The lowest BCUT2D eigenvalue weighted by Gasteiger charge is -2.20. The normalized spacial score (nSPS) is 28.8. The lowest BCUT2D eigenvalue weighted by atomic mass is 9.93. The maximum Gasteiger partial charge on any atom is 0.117 e. The molecule has 0 spiro atoms. The number of rotatable bonds is 5. The second kappa shape index (κ2) is 5.72. The van der Waals surface area contributed by atoms with Crippen molar-refractivity contribution in [3.8, 4) is 0 Å². The maximum absolute atomic E-state index is 5.72. The van der Waals surface area contributed by atoms with Gasteiger partial charge in [-0.1, -0.05) is 27.2 Å². The second-order valence-corrected chi connectivity index (χ2v) is 5.31. The Labute approximate surface area is 105 Å². The molecule has 0 amide bonds. The highest BCUT2D eigenvalue weighted by Crippen LogP contribution is 2.33. The molecule has 1 saturated carbocycles. The van der Waals surface area contributed by atoms with E-state index < -0.39 is 0 Å². The smallest absolute Gasteiger partial charge is 0.117 e. The van der Waals surface area contributed by atoms with Crippen LogP contribution < -0.4 is 5.32 Å². The number of furan rings is 1. The van der Waals surface area contributed by atoms with Crippen LogP contribution in [-0.4, -0.2) is 6.04 Å². The number of aryl methyl sites for hydroxylation is 1. The summed E-state index contributed by atoms with van der Waals surface area (Å²) in [6.07, 6.45) is 5.01. The second-order valence-electron chi connectivity index (χ2n) is 5.31. The summed E-state index contributed by atoms with van der Waals surface area (Å²) in [6.45, 7) is 7.70. The van der Waals surface area contributed by atoms with Gasteiger partial charge in [-0.05, 0) is 36.8 Å². The van der Waals surface area contributed by atoms with Gasteiger partial charge < -0.3 is 9.73 Å². The van der Waals surface area contributed by atoms with Gasteiger partial charge >= 0.3 is 0 Å². The molecule has 2 heteroatoms. The highest BCUT2D eigenvalue weighted by Gasteiger charge is 2.30. The molecule has 1 N–H and O–H groups in total. The number of hydrogen-bond acceptors (Lipinski definition) is 2. The maximum atomic E-state index is 5.72. The fraction of sp³-hybridized carbons (Fsp3) is 0.733. The standard InChI is InChI=1S/C15H25NO/c1-4-12-6-9-15(11(12)3)16-10-14-8-7-13(5-2)17-14/h7-8,11-12,15-16H,4-6,9-10H2,1-3H3. The van der Waals surface area contributed by atoms with Crippen molar-refractivity contribution < 1.29 is 4.42 Å². The van der Waals surface area contributed by atoms with Crippen molar-refractivity contribution in [2.75, 3.05) is 0 Å². The van der Waals surface area contributed by atoms with E-state index in [1.807, 2.05) is 0 Å². The molecule has 2 nitrogen and oxygen atoms in total. The molecular formula is C15H25NO. The average Bonchev–Trinajstić information content (AvgIpc) is 2.93. The van der Waals surface area contributed by atoms with E-state index in [2.05, 4.69) is 38.2 Å². The Morgan fingerprint density at radius 3 is 2.59 bits per heavy atom. The van der Waals surface area contributed by atoms with E-state index in [0.717, 1.165) is 36.3 Å². The van der Waals surface area contributed by atoms with Gasteiger partial charge in [0, 0.05) is 12.5 Å². The lowest BCUT2D eigenvalue weighted by molar-refractivity contribution is 0.333.